The standard InChI is InChI=1S/C9H21NO4S/c1-9(10)3-7-15(11,12)8-6-14-5-4-13-2/h9H,3-8,10H2,1-2H3. The summed E-state index contributed by atoms with van der Waals surface area (Å²) in [5.74, 6) is 0.196. The fourth-order valence-electron chi connectivity index (χ4n) is 0.898. The lowest BCUT2D eigenvalue weighted by atomic mass is 10.3. The van der Waals surface area contributed by atoms with Crippen molar-refractivity contribution in [3.8, 4) is 0 Å². The number of rotatable bonds is 9. The summed E-state index contributed by atoms with van der Waals surface area (Å²) < 4.78 is 32.6. The molecule has 5 nitrogen and oxygen atoms in total. The van der Waals surface area contributed by atoms with E-state index >= 15 is 0 Å². The molecular weight excluding hydrogens is 218 g/mol. The van der Waals surface area contributed by atoms with Crippen molar-refractivity contribution in [3.05, 3.63) is 0 Å². The Bertz CT molecular complexity index is 238. The van der Waals surface area contributed by atoms with Crippen molar-refractivity contribution in [2.24, 2.45) is 5.73 Å². The second kappa shape index (κ2) is 8.04. The third-order valence-corrected chi connectivity index (χ3v) is 3.50. The van der Waals surface area contributed by atoms with Crippen molar-refractivity contribution in [1.29, 1.82) is 0 Å². The van der Waals surface area contributed by atoms with Crippen LogP contribution in [-0.2, 0) is 19.3 Å². The van der Waals surface area contributed by atoms with E-state index in [1.54, 1.807) is 14.0 Å². The summed E-state index contributed by atoms with van der Waals surface area (Å²) in [6, 6.07) is -0.0748. The van der Waals surface area contributed by atoms with Gasteiger partial charge in [-0.05, 0) is 13.3 Å². The van der Waals surface area contributed by atoms with Gasteiger partial charge in [-0.2, -0.15) is 0 Å². The van der Waals surface area contributed by atoms with Crippen LogP contribution >= 0.6 is 0 Å². The first kappa shape index (κ1) is 14.8. The quantitative estimate of drug-likeness (QED) is 0.564. The molecule has 0 bridgehead atoms. The van der Waals surface area contributed by atoms with Crippen LogP contribution in [0.2, 0.25) is 0 Å². The predicted molar refractivity (Wildman–Crippen MR) is 59.6 cm³/mol. The maximum Gasteiger partial charge on any atom is 0.152 e. The van der Waals surface area contributed by atoms with E-state index in [1.807, 2.05) is 0 Å². The van der Waals surface area contributed by atoms with Crippen molar-refractivity contribution in [2.45, 2.75) is 19.4 Å². The summed E-state index contributed by atoms with van der Waals surface area (Å²) in [5.41, 5.74) is 5.48. The summed E-state index contributed by atoms with van der Waals surface area (Å²) in [6.07, 6.45) is 0.500. The minimum atomic E-state index is -3.01. The van der Waals surface area contributed by atoms with Crippen LogP contribution in [0.1, 0.15) is 13.3 Å². The van der Waals surface area contributed by atoms with Crippen LogP contribution in [0.25, 0.3) is 0 Å². The minimum absolute atomic E-state index is 0.0590. The van der Waals surface area contributed by atoms with E-state index in [0.717, 1.165) is 0 Å². The zero-order valence-corrected chi connectivity index (χ0v) is 10.3. The van der Waals surface area contributed by atoms with Crippen LogP contribution in [0.5, 0.6) is 0 Å². The molecule has 0 aromatic carbocycles. The molecule has 15 heavy (non-hydrogen) atoms. The van der Waals surface area contributed by atoms with Crippen molar-refractivity contribution >= 4 is 9.84 Å². The minimum Gasteiger partial charge on any atom is -0.382 e. The molecule has 0 amide bonds. The van der Waals surface area contributed by atoms with Gasteiger partial charge in [-0.15, -0.1) is 0 Å². The van der Waals surface area contributed by atoms with Crippen molar-refractivity contribution in [3.63, 3.8) is 0 Å². The first-order chi connectivity index (χ1) is 6.98. The molecule has 0 fully saturated rings. The maximum atomic E-state index is 11.4. The molecule has 1 atom stereocenters. The summed E-state index contributed by atoms with van der Waals surface area (Å²) >= 11 is 0. The third kappa shape index (κ3) is 10.1. The monoisotopic (exact) mass is 239 g/mol. The molecule has 2 N–H and O–H groups in total. The molecule has 0 aliphatic carbocycles. The van der Waals surface area contributed by atoms with Gasteiger partial charge in [0.15, 0.2) is 9.84 Å². The Morgan fingerprint density at radius 2 is 1.87 bits per heavy atom. The Morgan fingerprint density at radius 1 is 1.20 bits per heavy atom. The molecule has 0 saturated carbocycles. The first-order valence-electron chi connectivity index (χ1n) is 5.00. The van der Waals surface area contributed by atoms with Gasteiger partial charge in [0.05, 0.1) is 31.3 Å². The fourth-order valence-corrected chi connectivity index (χ4v) is 2.20. The predicted octanol–water partition coefficient (Wildman–Crippen LogP) is -0.198. The highest BCUT2D eigenvalue weighted by Gasteiger charge is 2.11. The molecule has 0 aromatic rings. The molecule has 0 radical (unpaired) electrons. The first-order valence-corrected chi connectivity index (χ1v) is 6.83. The molecule has 1 unspecified atom stereocenters. The second-order valence-corrected chi connectivity index (χ2v) is 5.83. The normalized spacial score (nSPS) is 14.1. The number of ether oxygens (including phenoxy) is 2. The Balaban J connectivity index is 3.56. The van der Waals surface area contributed by atoms with E-state index in [2.05, 4.69) is 0 Å². The summed E-state index contributed by atoms with van der Waals surface area (Å²) in [6.45, 7) is 2.94. The molecule has 0 spiro atoms. The van der Waals surface area contributed by atoms with Crippen LogP contribution < -0.4 is 5.73 Å². The molecule has 0 rings (SSSR count). The van der Waals surface area contributed by atoms with Crippen LogP contribution in [-0.4, -0.2) is 52.9 Å². The van der Waals surface area contributed by atoms with E-state index < -0.39 is 9.84 Å². The van der Waals surface area contributed by atoms with Gasteiger partial charge in [-0.3, -0.25) is 0 Å². The smallest absolute Gasteiger partial charge is 0.152 e. The lowest BCUT2D eigenvalue weighted by Crippen LogP contribution is -2.23. The highest BCUT2D eigenvalue weighted by Crippen LogP contribution is 1.97. The van der Waals surface area contributed by atoms with Gasteiger partial charge in [0, 0.05) is 13.2 Å². The van der Waals surface area contributed by atoms with Gasteiger partial charge in [-0.1, -0.05) is 0 Å². The average Bonchev–Trinajstić information content (AvgIpc) is 2.15. The SMILES string of the molecule is COCCOCCS(=O)(=O)CCC(C)N. The van der Waals surface area contributed by atoms with Gasteiger partial charge in [0.2, 0.25) is 0 Å². The summed E-state index contributed by atoms with van der Waals surface area (Å²) in [7, 11) is -1.44. The molecule has 0 heterocycles. The van der Waals surface area contributed by atoms with Gasteiger partial charge in [0.1, 0.15) is 0 Å². The Labute approximate surface area is 91.9 Å². The highest BCUT2D eigenvalue weighted by molar-refractivity contribution is 7.91. The molecular formula is C9H21NO4S. The number of methoxy groups -OCH3 is 1. The lowest BCUT2D eigenvalue weighted by molar-refractivity contribution is 0.0785. The number of hydrogen-bond acceptors (Lipinski definition) is 5. The number of nitrogens with two attached hydrogens (primary N) is 1. The molecule has 0 aliphatic rings. The van der Waals surface area contributed by atoms with E-state index in [9.17, 15) is 8.42 Å². The van der Waals surface area contributed by atoms with Crippen LogP contribution in [0.4, 0.5) is 0 Å². The number of sulfone groups is 1. The zero-order valence-electron chi connectivity index (χ0n) is 9.44. The van der Waals surface area contributed by atoms with E-state index in [-0.39, 0.29) is 24.2 Å². The Kier molecular flexibility index (Phi) is 7.95. The zero-order chi connectivity index (χ0) is 11.7. The van der Waals surface area contributed by atoms with Crippen LogP contribution in [0.3, 0.4) is 0 Å². The molecule has 6 heteroatoms. The van der Waals surface area contributed by atoms with E-state index in [1.165, 1.54) is 0 Å². The van der Waals surface area contributed by atoms with Crippen LogP contribution in [0.15, 0.2) is 0 Å². The average molecular weight is 239 g/mol. The highest BCUT2D eigenvalue weighted by atomic mass is 32.2. The number of hydrogen-bond donors (Lipinski definition) is 1. The van der Waals surface area contributed by atoms with Gasteiger partial charge in [0.25, 0.3) is 0 Å². The molecule has 0 saturated heterocycles. The van der Waals surface area contributed by atoms with Crippen molar-refractivity contribution < 1.29 is 17.9 Å². The van der Waals surface area contributed by atoms with Gasteiger partial charge in [-0.25, -0.2) is 8.42 Å². The topological polar surface area (TPSA) is 78.6 Å². The maximum absolute atomic E-state index is 11.4. The van der Waals surface area contributed by atoms with E-state index in [4.69, 9.17) is 15.2 Å². The largest absolute Gasteiger partial charge is 0.382 e. The van der Waals surface area contributed by atoms with Crippen molar-refractivity contribution in [1.82, 2.24) is 0 Å². The van der Waals surface area contributed by atoms with Crippen molar-refractivity contribution in [2.75, 3.05) is 38.4 Å². The van der Waals surface area contributed by atoms with E-state index in [0.29, 0.717) is 19.6 Å². The second-order valence-electron chi connectivity index (χ2n) is 3.52. The lowest BCUT2D eigenvalue weighted by Gasteiger charge is -2.07. The molecule has 0 aromatic heterocycles. The fraction of sp³-hybridized carbons (Fsp3) is 1.00. The van der Waals surface area contributed by atoms with Gasteiger partial charge >= 0.3 is 0 Å². The molecule has 0 aliphatic heterocycles. The third-order valence-electron chi connectivity index (χ3n) is 1.85. The summed E-state index contributed by atoms with van der Waals surface area (Å²) in [4.78, 5) is 0. The van der Waals surface area contributed by atoms with Crippen LogP contribution in [0, 0.1) is 0 Å². The van der Waals surface area contributed by atoms with Gasteiger partial charge < -0.3 is 15.2 Å². The Morgan fingerprint density at radius 3 is 2.40 bits per heavy atom. The Hall–Kier alpha value is -0.170. The molecule has 92 valence electrons. The summed E-state index contributed by atoms with van der Waals surface area (Å²) in [5, 5.41) is 0.